The van der Waals surface area contributed by atoms with Crippen molar-refractivity contribution < 1.29 is 14.0 Å². The number of hydrogen-bond donors (Lipinski definition) is 0. The average Bonchev–Trinajstić information content (AvgIpc) is 2.35. The highest BCUT2D eigenvalue weighted by molar-refractivity contribution is 6.74. The van der Waals surface area contributed by atoms with Crippen molar-refractivity contribution in [3.05, 3.63) is 0 Å². The van der Waals surface area contributed by atoms with Gasteiger partial charge in [-0.15, -0.1) is 0 Å². The lowest BCUT2D eigenvalue weighted by Gasteiger charge is -2.38. The topological polar surface area (TPSA) is 35.5 Å². The van der Waals surface area contributed by atoms with Gasteiger partial charge in [-0.05, 0) is 49.7 Å². The molecule has 0 heterocycles. The Hall–Kier alpha value is -0.353. The van der Waals surface area contributed by atoms with Crippen LogP contribution in [0.1, 0.15) is 46.5 Å². The normalized spacial score (nSPS) is 25.2. The Morgan fingerprint density at radius 2 is 1.68 bits per heavy atom. The minimum absolute atomic E-state index is 0.0382. The van der Waals surface area contributed by atoms with E-state index in [0.29, 0.717) is 5.92 Å². The van der Waals surface area contributed by atoms with Crippen LogP contribution in [0.15, 0.2) is 0 Å². The Balaban J connectivity index is 2.36. The van der Waals surface area contributed by atoms with Crippen LogP contribution >= 0.6 is 0 Å². The molecule has 0 radical (unpaired) electrons. The molecular formula is C15H30O3Si. The molecule has 0 amide bonds. The van der Waals surface area contributed by atoms with Crippen LogP contribution in [0.3, 0.4) is 0 Å². The van der Waals surface area contributed by atoms with Crippen LogP contribution in [0.4, 0.5) is 0 Å². The summed E-state index contributed by atoms with van der Waals surface area (Å²) < 4.78 is 11.1. The van der Waals surface area contributed by atoms with E-state index in [-0.39, 0.29) is 16.9 Å². The molecule has 0 bridgehead atoms. The van der Waals surface area contributed by atoms with Crippen molar-refractivity contribution in [1.29, 1.82) is 0 Å². The van der Waals surface area contributed by atoms with Crippen molar-refractivity contribution in [3.8, 4) is 0 Å². The molecular weight excluding hydrogens is 256 g/mol. The number of methoxy groups -OCH3 is 1. The summed E-state index contributed by atoms with van der Waals surface area (Å²) in [7, 11) is -0.145. The molecule has 0 unspecified atom stereocenters. The minimum Gasteiger partial charge on any atom is -0.469 e. The molecule has 3 nitrogen and oxygen atoms in total. The summed E-state index contributed by atoms with van der Waals surface area (Å²) in [6, 6.07) is 0. The number of carbonyl (C=O) groups excluding carboxylic acids is 1. The standard InChI is InChI=1S/C15H30O3Si/c1-15(2,3)19(5,6)18-11-12-7-9-13(10-8-12)14(16)17-4/h12-13H,7-11H2,1-6H3. The first-order valence-electron chi connectivity index (χ1n) is 7.39. The Morgan fingerprint density at radius 3 is 2.11 bits per heavy atom. The van der Waals surface area contributed by atoms with E-state index in [9.17, 15) is 4.79 Å². The first-order valence-corrected chi connectivity index (χ1v) is 10.3. The van der Waals surface area contributed by atoms with Gasteiger partial charge in [-0.3, -0.25) is 4.79 Å². The molecule has 112 valence electrons. The van der Waals surface area contributed by atoms with Crippen molar-refractivity contribution in [2.45, 2.75) is 64.6 Å². The van der Waals surface area contributed by atoms with Gasteiger partial charge in [-0.25, -0.2) is 0 Å². The van der Waals surface area contributed by atoms with E-state index in [2.05, 4.69) is 33.9 Å². The predicted octanol–water partition coefficient (Wildman–Crippen LogP) is 3.99. The number of ether oxygens (including phenoxy) is 1. The molecule has 19 heavy (non-hydrogen) atoms. The lowest BCUT2D eigenvalue weighted by atomic mass is 9.82. The molecule has 0 aromatic carbocycles. The molecule has 0 N–H and O–H groups in total. The van der Waals surface area contributed by atoms with Gasteiger partial charge in [0.25, 0.3) is 0 Å². The van der Waals surface area contributed by atoms with Gasteiger partial charge in [0.15, 0.2) is 8.32 Å². The monoisotopic (exact) mass is 286 g/mol. The first-order chi connectivity index (χ1) is 8.67. The average molecular weight is 286 g/mol. The highest BCUT2D eigenvalue weighted by Crippen LogP contribution is 2.38. The summed E-state index contributed by atoms with van der Waals surface area (Å²) in [5, 5.41) is 0.274. The third-order valence-corrected chi connectivity index (χ3v) is 9.37. The molecule has 4 heteroatoms. The maximum absolute atomic E-state index is 11.5. The zero-order chi connectivity index (χ0) is 14.7. The summed E-state index contributed by atoms with van der Waals surface area (Å²) in [6.07, 6.45) is 4.10. The summed E-state index contributed by atoms with van der Waals surface area (Å²) in [5.41, 5.74) is 0. The molecule has 1 rings (SSSR count). The molecule has 0 atom stereocenters. The zero-order valence-electron chi connectivity index (χ0n) is 13.4. The lowest BCUT2D eigenvalue weighted by molar-refractivity contribution is -0.146. The van der Waals surface area contributed by atoms with Crippen molar-refractivity contribution in [2.75, 3.05) is 13.7 Å². The van der Waals surface area contributed by atoms with Crippen molar-refractivity contribution in [3.63, 3.8) is 0 Å². The Morgan fingerprint density at radius 1 is 1.16 bits per heavy atom. The number of hydrogen-bond acceptors (Lipinski definition) is 3. The van der Waals surface area contributed by atoms with E-state index >= 15 is 0 Å². The lowest BCUT2D eigenvalue weighted by Crippen LogP contribution is -2.42. The maximum atomic E-state index is 11.5. The molecule has 1 aliphatic rings. The molecule has 0 saturated heterocycles. The second-order valence-electron chi connectivity index (χ2n) is 7.31. The minimum atomic E-state index is -1.63. The van der Waals surface area contributed by atoms with Crippen LogP contribution in [0.5, 0.6) is 0 Å². The quantitative estimate of drug-likeness (QED) is 0.579. The van der Waals surface area contributed by atoms with Gasteiger partial charge in [-0.2, -0.15) is 0 Å². The van der Waals surface area contributed by atoms with E-state index in [1.54, 1.807) is 0 Å². The largest absolute Gasteiger partial charge is 0.469 e. The van der Waals surface area contributed by atoms with Crippen molar-refractivity contribution >= 4 is 14.3 Å². The number of carbonyl (C=O) groups is 1. The Kier molecular flexibility index (Phi) is 5.62. The predicted molar refractivity (Wildman–Crippen MR) is 80.6 cm³/mol. The van der Waals surface area contributed by atoms with Gasteiger partial charge in [0, 0.05) is 6.61 Å². The molecule has 1 aliphatic carbocycles. The fourth-order valence-corrected chi connectivity index (χ4v) is 3.36. The van der Waals surface area contributed by atoms with Gasteiger partial charge >= 0.3 is 5.97 Å². The molecule has 1 saturated carbocycles. The van der Waals surface area contributed by atoms with E-state index in [1.807, 2.05) is 0 Å². The smallest absolute Gasteiger partial charge is 0.308 e. The molecule has 0 aromatic rings. The second kappa shape index (κ2) is 6.40. The number of rotatable bonds is 4. The highest BCUT2D eigenvalue weighted by atomic mass is 28.4. The van der Waals surface area contributed by atoms with Gasteiger partial charge in [0.05, 0.1) is 13.0 Å². The fraction of sp³-hybridized carbons (Fsp3) is 0.933. The van der Waals surface area contributed by atoms with Crippen LogP contribution in [0, 0.1) is 11.8 Å². The fourth-order valence-electron chi connectivity index (χ4n) is 2.27. The molecule has 0 spiro atoms. The van der Waals surface area contributed by atoms with Crippen LogP contribution in [0.25, 0.3) is 0 Å². The van der Waals surface area contributed by atoms with E-state index < -0.39 is 8.32 Å². The Labute approximate surface area is 119 Å². The van der Waals surface area contributed by atoms with Gasteiger partial charge in [0.1, 0.15) is 0 Å². The highest BCUT2D eigenvalue weighted by Gasteiger charge is 2.38. The number of esters is 1. The van der Waals surface area contributed by atoms with Crippen molar-refractivity contribution in [1.82, 2.24) is 0 Å². The van der Waals surface area contributed by atoms with Crippen LogP contribution in [0.2, 0.25) is 18.1 Å². The third-order valence-electron chi connectivity index (χ3n) is 4.87. The van der Waals surface area contributed by atoms with Gasteiger partial charge < -0.3 is 9.16 Å². The first kappa shape index (κ1) is 16.7. The summed E-state index contributed by atoms with van der Waals surface area (Å²) in [5.74, 6) is 0.702. The molecule has 1 fully saturated rings. The Bertz CT molecular complexity index is 299. The summed E-state index contributed by atoms with van der Waals surface area (Å²) >= 11 is 0. The van der Waals surface area contributed by atoms with E-state index in [1.165, 1.54) is 7.11 Å². The van der Waals surface area contributed by atoms with Gasteiger partial charge in [0.2, 0.25) is 0 Å². The van der Waals surface area contributed by atoms with Crippen LogP contribution < -0.4 is 0 Å². The maximum Gasteiger partial charge on any atom is 0.308 e. The molecule has 0 aliphatic heterocycles. The zero-order valence-corrected chi connectivity index (χ0v) is 14.4. The van der Waals surface area contributed by atoms with Crippen molar-refractivity contribution in [2.24, 2.45) is 11.8 Å². The van der Waals surface area contributed by atoms with E-state index in [0.717, 1.165) is 32.3 Å². The van der Waals surface area contributed by atoms with Crippen LogP contribution in [-0.4, -0.2) is 28.0 Å². The molecule has 0 aromatic heterocycles. The SMILES string of the molecule is COC(=O)C1CCC(CO[Si](C)(C)C(C)(C)C)CC1. The van der Waals surface area contributed by atoms with Gasteiger partial charge in [-0.1, -0.05) is 20.8 Å². The second-order valence-corrected chi connectivity index (χ2v) is 12.1. The van der Waals surface area contributed by atoms with E-state index in [4.69, 9.17) is 9.16 Å². The summed E-state index contributed by atoms with van der Waals surface area (Å²) in [4.78, 5) is 11.5. The third kappa shape index (κ3) is 4.60. The summed E-state index contributed by atoms with van der Waals surface area (Å²) in [6.45, 7) is 12.3. The van der Waals surface area contributed by atoms with Crippen LogP contribution in [-0.2, 0) is 14.0 Å².